The summed E-state index contributed by atoms with van der Waals surface area (Å²) in [6.45, 7) is 0. The molecule has 0 bridgehead atoms. The van der Waals surface area contributed by atoms with Crippen LogP contribution in [0.15, 0.2) is 42.5 Å². The number of hydrogen-bond donors (Lipinski definition) is 1. The molecule has 0 saturated carbocycles. The predicted octanol–water partition coefficient (Wildman–Crippen LogP) is 4.19. The van der Waals surface area contributed by atoms with Crippen molar-refractivity contribution in [2.75, 3.05) is 0 Å². The average Bonchev–Trinajstić information content (AvgIpc) is 2.24. The molecule has 3 heteroatoms. The van der Waals surface area contributed by atoms with Crippen LogP contribution in [0.25, 0.3) is 16.8 Å². The minimum atomic E-state index is -0.950. The second kappa shape index (κ2) is 4.41. The van der Waals surface area contributed by atoms with E-state index >= 15 is 0 Å². The van der Waals surface area contributed by atoms with Crippen LogP contribution in [-0.4, -0.2) is 0 Å². The molecule has 3 N–H and O–H groups in total. The van der Waals surface area contributed by atoms with Crippen LogP contribution in [0.1, 0.15) is 17.3 Å². The highest BCUT2D eigenvalue weighted by Gasteiger charge is 2.15. The van der Waals surface area contributed by atoms with Gasteiger partial charge in [-0.2, -0.15) is 0 Å². The Morgan fingerprint density at radius 2 is 1.69 bits per heavy atom. The highest BCUT2D eigenvalue weighted by Crippen LogP contribution is 2.34. The Hall–Kier alpha value is -1.74. The first-order valence-corrected chi connectivity index (χ1v) is 4.70. The van der Waals surface area contributed by atoms with Crippen molar-refractivity contribution in [2.24, 2.45) is 0 Å². The van der Waals surface area contributed by atoms with E-state index in [9.17, 15) is 4.39 Å². The summed E-state index contributed by atoms with van der Waals surface area (Å²) in [6, 6.07) is 11.8. The van der Waals surface area contributed by atoms with Crippen molar-refractivity contribution in [3.8, 4) is 0 Å². The number of benzene rings is 2. The van der Waals surface area contributed by atoms with E-state index in [1.165, 1.54) is 0 Å². The van der Waals surface area contributed by atoms with E-state index in [1.807, 2.05) is 42.5 Å². The van der Waals surface area contributed by atoms with Crippen LogP contribution < -0.4 is 6.15 Å². The zero-order chi connectivity index (χ0) is 9.54. The van der Waals surface area contributed by atoms with Gasteiger partial charge >= 0.3 is 0 Å². The third-order valence-electron chi connectivity index (χ3n) is 2.71. The van der Waals surface area contributed by atoms with Gasteiger partial charge in [0.2, 0.25) is 0 Å². The van der Waals surface area contributed by atoms with Crippen LogP contribution in [0.3, 0.4) is 0 Å². The van der Waals surface area contributed by atoms with Gasteiger partial charge in [0.05, 0.1) is 0 Å². The van der Waals surface area contributed by atoms with Crippen molar-refractivity contribution in [3.63, 3.8) is 0 Å². The summed E-state index contributed by atoms with van der Waals surface area (Å²) >= 11 is 0. The molecule has 0 fully saturated rings. The number of alkyl halides is 1. The van der Waals surface area contributed by atoms with Gasteiger partial charge < -0.3 is 6.15 Å². The van der Waals surface area contributed by atoms with Crippen LogP contribution in [0, 0.1) is 0 Å². The normalized spacial score (nSPS) is 16.4. The molecule has 16 heavy (non-hydrogen) atoms. The van der Waals surface area contributed by atoms with Gasteiger partial charge in [-0.15, -0.1) is 0 Å². The first-order chi connectivity index (χ1) is 6.86. The van der Waals surface area contributed by atoms with Crippen molar-refractivity contribution in [1.29, 1.82) is 0 Å². The molecule has 1 aliphatic carbocycles. The molecule has 3 rings (SSSR count). The Labute approximate surface area is 92.5 Å². The lowest BCUT2D eigenvalue weighted by molar-refractivity contribution is 0.417. The number of allylic oxidation sites excluding steroid dienone is 1. The van der Waals surface area contributed by atoms with Crippen LogP contribution in [-0.2, 0) is 0 Å². The van der Waals surface area contributed by atoms with Gasteiger partial charge in [-0.05, 0) is 28.0 Å². The summed E-state index contributed by atoms with van der Waals surface area (Å²) in [5.74, 6) is 0. The number of rotatable bonds is 0. The summed E-state index contributed by atoms with van der Waals surface area (Å²) in [5, 5.41) is 2.18. The van der Waals surface area contributed by atoms with Crippen molar-refractivity contribution >= 4 is 16.8 Å². The molecule has 1 unspecified atom stereocenters. The smallest absolute Gasteiger partial charge is 0.144 e. The molecule has 84 valence electrons. The van der Waals surface area contributed by atoms with Gasteiger partial charge in [0.15, 0.2) is 0 Å². The molecule has 1 nitrogen and oxygen atoms in total. The lowest BCUT2D eigenvalue weighted by Crippen LogP contribution is -1.95. The van der Waals surface area contributed by atoms with Gasteiger partial charge in [-0.25, -0.2) is 4.39 Å². The van der Waals surface area contributed by atoms with Crippen molar-refractivity contribution in [1.82, 2.24) is 6.15 Å². The molecule has 2 aromatic carbocycles. The third-order valence-corrected chi connectivity index (χ3v) is 2.71. The van der Waals surface area contributed by atoms with E-state index in [-0.39, 0.29) is 10.9 Å². The van der Waals surface area contributed by atoms with Gasteiger partial charge in [-0.3, -0.25) is 4.70 Å². The molecule has 0 aliphatic heterocycles. The van der Waals surface area contributed by atoms with E-state index in [2.05, 4.69) is 0 Å². The summed E-state index contributed by atoms with van der Waals surface area (Å²) in [7, 11) is 0. The monoisotopic (exact) mass is 221 g/mol. The zero-order valence-electron chi connectivity index (χ0n) is 8.69. The number of halogens is 2. The maximum absolute atomic E-state index is 13.6. The van der Waals surface area contributed by atoms with E-state index < -0.39 is 6.17 Å². The highest BCUT2D eigenvalue weighted by atomic mass is 19.1. The van der Waals surface area contributed by atoms with E-state index in [0.29, 0.717) is 0 Å². The largest absolute Gasteiger partial charge is 0.344 e. The molecule has 0 saturated heterocycles. The van der Waals surface area contributed by atoms with Crippen LogP contribution >= 0.6 is 0 Å². The standard InChI is InChI=1S/C13H9F.FH.H3N/c14-12-8-7-10-4-1-3-9-5-2-6-11(12)13(9)10;;/h1-8,12H;1H;1H3. The predicted molar refractivity (Wildman–Crippen MR) is 64.4 cm³/mol. The SMILES string of the molecule is F.FC1C=Cc2cccc3cccc1c23.N. The Morgan fingerprint density at radius 1 is 1.00 bits per heavy atom. The Morgan fingerprint density at radius 3 is 2.44 bits per heavy atom. The fourth-order valence-electron chi connectivity index (χ4n) is 2.06. The lowest BCUT2D eigenvalue weighted by atomic mass is 9.92. The molecular weight excluding hydrogens is 208 g/mol. The van der Waals surface area contributed by atoms with Crippen molar-refractivity contribution in [3.05, 3.63) is 53.6 Å². The Balaban J connectivity index is 0.000000640. The quantitative estimate of drug-likeness (QED) is 0.711. The Bertz CT molecular complexity index is 529. The summed E-state index contributed by atoms with van der Waals surface area (Å²) in [6.07, 6.45) is 2.52. The summed E-state index contributed by atoms with van der Waals surface area (Å²) in [5.41, 5.74) is 1.91. The molecule has 2 aromatic rings. The van der Waals surface area contributed by atoms with Crippen molar-refractivity contribution in [2.45, 2.75) is 6.17 Å². The van der Waals surface area contributed by atoms with E-state index in [0.717, 1.165) is 21.9 Å². The summed E-state index contributed by atoms with van der Waals surface area (Å²) in [4.78, 5) is 0. The fourth-order valence-corrected chi connectivity index (χ4v) is 2.06. The van der Waals surface area contributed by atoms with E-state index in [4.69, 9.17) is 0 Å². The fraction of sp³-hybridized carbons (Fsp3) is 0.0769. The third kappa shape index (κ3) is 1.59. The van der Waals surface area contributed by atoms with Gasteiger partial charge in [0.1, 0.15) is 6.17 Å². The van der Waals surface area contributed by atoms with Crippen LogP contribution in [0.2, 0.25) is 0 Å². The number of hydrogen-bond acceptors (Lipinski definition) is 1. The molecular formula is C13H13F2N. The zero-order valence-corrected chi connectivity index (χ0v) is 8.69. The molecule has 0 heterocycles. The maximum atomic E-state index is 13.6. The molecule has 0 radical (unpaired) electrons. The maximum Gasteiger partial charge on any atom is 0.144 e. The minimum Gasteiger partial charge on any atom is -0.344 e. The van der Waals surface area contributed by atoms with Crippen molar-refractivity contribution < 1.29 is 9.09 Å². The molecule has 0 spiro atoms. The average molecular weight is 221 g/mol. The van der Waals surface area contributed by atoms with Crippen LogP contribution in [0.5, 0.6) is 0 Å². The van der Waals surface area contributed by atoms with Gasteiger partial charge in [0.25, 0.3) is 0 Å². The second-order valence-corrected chi connectivity index (χ2v) is 3.55. The lowest BCUT2D eigenvalue weighted by Gasteiger charge is -2.15. The van der Waals surface area contributed by atoms with Crippen LogP contribution in [0.4, 0.5) is 9.09 Å². The van der Waals surface area contributed by atoms with E-state index in [1.54, 1.807) is 6.08 Å². The molecule has 1 atom stereocenters. The van der Waals surface area contributed by atoms with Gasteiger partial charge in [-0.1, -0.05) is 42.5 Å². The second-order valence-electron chi connectivity index (χ2n) is 3.55. The highest BCUT2D eigenvalue weighted by molar-refractivity contribution is 5.95. The topological polar surface area (TPSA) is 35.0 Å². The Kier molecular flexibility index (Phi) is 3.40. The minimum absolute atomic E-state index is 0. The first-order valence-electron chi connectivity index (χ1n) is 4.70. The van der Waals surface area contributed by atoms with Gasteiger partial charge in [0, 0.05) is 0 Å². The summed E-state index contributed by atoms with van der Waals surface area (Å²) < 4.78 is 13.6. The molecule has 0 amide bonds. The molecule has 1 aliphatic rings. The first kappa shape index (κ1) is 12.3. The molecule has 0 aromatic heterocycles.